The molecule has 2 rings (SSSR count). The highest BCUT2D eigenvalue weighted by Gasteiger charge is 2.18. The van der Waals surface area contributed by atoms with E-state index in [0.29, 0.717) is 19.7 Å². The Morgan fingerprint density at radius 1 is 1.04 bits per heavy atom. The molecule has 0 aliphatic carbocycles. The van der Waals surface area contributed by atoms with Crippen LogP contribution in [0.1, 0.15) is 25.0 Å². The van der Waals surface area contributed by atoms with Gasteiger partial charge in [-0.15, -0.1) is 0 Å². The number of nitrogens with zero attached hydrogens (tertiary/aromatic N) is 1. The summed E-state index contributed by atoms with van der Waals surface area (Å²) < 4.78 is 5.71. The lowest BCUT2D eigenvalue weighted by molar-refractivity contribution is -0.131. The molecule has 0 aliphatic rings. The molecule has 0 spiro atoms. The number of para-hydroxylation sites is 1. The van der Waals surface area contributed by atoms with Crippen LogP contribution in [0.4, 0.5) is 4.79 Å². The van der Waals surface area contributed by atoms with Gasteiger partial charge in [-0.05, 0) is 37.1 Å². The maximum absolute atomic E-state index is 12.0. The van der Waals surface area contributed by atoms with Gasteiger partial charge in [-0.1, -0.05) is 42.5 Å². The van der Waals surface area contributed by atoms with Gasteiger partial charge in [0.2, 0.25) is 5.91 Å². The van der Waals surface area contributed by atoms with Gasteiger partial charge in [0.1, 0.15) is 18.4 Å². The van der Waals surface area contributed by atoms with Crippen molar-refractivity contribution in [2.75, 3.05) is 13.6 Å². The summed E-state index contributed by atoms with van der Waals surface area (Å²) in [6, 6.07) is 16.6. The number of ether oxygens (including phenoxy) is 1. The minimum Gasteiger partial charge on any atom is -0.489 e. The van der Waals surface area contributed by atoms with Gasteiger partial charge in [0.05, 0.1) is 0 Å². The molecule has 0 radical (unpaired) electrons. The Morgan fingerprint density at radius 2 is 1.67 bits per heavy atom. The SMILES string of the molecule is CCN(C)C(=O)C(C)NC(=O)NCc1ccc(COc2ccccc2)cc1. The van der Waals surface area contributed by atoms with Crippen molar-refractivity contribution >= 4 is 11.9 Å². The molecule has 3 amide bonds. The molecule has 6 heteroatoms. The van der Waals surface area contributed by atoms with Crippen LogP contribution in [0.15, 0.2) is 54.6 Å². The van der Waals surface area contributed by atoms with E-state index in [4.69, 9.17) is 4.74 Å². The molecular formula is C21H27N3O3. The highest BCUT2D eigenvalue weighted by Crippen LogP contribution is 2.12. The van der Waals surface area contributed by atoms with E-state index in [9.17, 15) is 9.59 Å². The lowest BCUT2D eigenvalue weighted by atomic mass is 10.1. The largest absolute Gasteiger partial charge is 0.489 e. The Kier molecular flexibility index (Phi) is 7.67. The summed E-state index contributed by atoms with van der Waals surface area (Å²) in [4.78, 5) is 25.5. The molecule has 0 saturated heterocycles. The van der Waals surface area contributed by atoms with E-state index >= 15 is 0 Å². The summed E-state index contributed by atoms with van der Waals surface area (Å²) in [5, 5.41) is 5.42. The number of urea groups is 1. The fraction of sp³-hybridized carbons (Fsp3) is 0.333. The molecule has 2 aromatic carbocycles. The second-order valence-corrected chi connectivity index (χ2v) is 6.32. The molecule has 1 unspecified atom stereocenters. The van der Waals surface area contributed by atoms with Gasteiger partial charge >= 0.3 is 6.03 Å². The third kappa shape index (κ3) is 6.66. The summed E-state index contributed by atoms with van der Waals surface area (Å²) in [6.07, 6.45) is 0. The molecule has 2 N–H and O–H groups in total. The van der Waals surface area contributed by atoms with Gasteiger partial charge in [-0.2, -0.15) is 0 Å². The summed E-state index contributed by atoms with van der Waals surface area (Å²) in [5.74, 6) is 0.715. The molecule has 27 heavy (non-hydrogen) atoms. The Bertz CT molecular complexity index is 732. The maximum atomic E-state index is 12.0. The monoisotopic (exact) mass is 369 g/mol. The number of rotatable bonds is 8. The zero-order valence-electron chi connectivity index (χ0n) is 16.1. The smallest absolute Gasteiger partial charge is 0.315 e. The molecule has 0 saturated carbocycles. The highest BCUT2D eigenvalue weighted by atomic mass is 16.5. The first-order chi connectivity index (χ1) is 13.0. The van der Waals surface area contributed by atoms with E-state index in [1.54, 1.807) is 18.9 Å². The highest BCUT2D eigenvalue weighted by molar-refractivity contribution is 5.86. The molecule has 144 valence electrons. The quantitative estimate of drug-likeness (QED) is 0.752. The molecule has 1 atom stereocenters. The Hall–Kier alpha value is -3.02. The number of hydrogen-bond acceptors (Lipinski definition) is 3. The average Bonchev–Trinajstić information content (AvgIpc) is 2.71. The number of benzene rings is 2. The first kappa shape index (κ1) is 20.3. The van der Waals surface area contributed by atoms with E-state index in [1.807, 2.05) is 61.5 Å². The Balaban J connectivity index is 1.76. The molecule has 0 fully saturated rings. The Labute approximate surface area is 160 Å². The third-order valence-corrected chi connectivity index (χ3v) is 4.19. The summed E-state index contributed by atoms with van der Waals surface area (Å²) in [5.41, 5.74) is 2.02. The minimum atomic E-state index is -0.563. The van der Waals surface area contributed by atoms with E-state index in [2.05, 4.69) is 10.6 Å². The summed E-state index contributed by atoms with van der Waals surface area (Å²) >= 11 is 0. The van der Waals surface area contributed by atoms with Gasteiger partial charge in [0, 0.05) is 20.1 Å². The lowest BCUT2D eigenvalue weighted by Crippen LogP contribution is -2.48. The van der Waals surface area contributed by atoms with Crippen molar-refractivity contribution in [1.29, 1.82) is 0 Å². The van der Waals surface area contributed by atoms with Crippen LogP contribution in [0.5, 0.6) is 5.75 Å². The van der Waals surface area contributed by atoms with E-state index in [1.165, 1.54) is 0 Å². The van der Waals surface area contributed by atoms with Crippen LogP contribution in [0.25, 0.3) is 0 Å². The van der Waals surface area contributed by atoms with Gasteiger partial charge in [0.15, 0.2) is 0 Å². The zero-order chi connectivity index (χ0) is 19.6. The van der Waals surface area contributed by atoms with E-state index < -0.39 is 6.04 Å². The van der Waals surface area contributed by atoms with Gasteiger partial charge in [-0.25, -0.2) is 4.79 Å². The van der Waals surface area contributed by atoms with Crippen LogP contribution >= 0.6 is 0 Å². The number of likely N-dealkylation sites (N-methyl/N-ethyl adjacent to an activating group) is 1. The average molecular weight is 369 g/mol. The lowest BCUT2D eigenvalue weighted by Gasteiger charge is -2.20. The van der Waals surface area contributed by atoms with Crippen LogP contribution < -0.4 is 15.4 Å². The topological polar surface area (TPSA) is 70.7 Å². The third-order valence-electron chi connectivity index (χ3n) is 4.19. The summed E-state index contributed by atoms with van der Waals surface area (Å²) in [6.45, 7) is 5.04. The van der Waals surface area contributed by atoms with Crippen molar-refractivity contribution in [3.8, 4) is 5.75 Å². The second kappa shape index (κ2) is 10.2. The minimum absolute atomic E-state index is 0.115. The molecular weight excluding hydrogens is 342 g/mol. The maximum Gasteiger partial charge on any atom is 0.315 e. The van der Waals surface area contributed by atoms with Crippen molar-refractivity contribution in [2.45, 2.75) is 33.0 Å². The van der Waals surface area contributed by atoms with Crippen LogP contribution in [0, 0.1) is 0 Å². The molecule has 0 aromatic heterocycles. The van der Waals surface area contributed by atoms with Crippen molar-refractivity contribution in [1.82, 2.24) is 15.5 Å². The molecule has 0 heterocycles. The van der Waals surface area contributed by atoms with Crippen molar-refractivity contribution in [3.63, 3.8) is 0 Å². The fourth-order valence-electron chi connectivity index (χ4n) is 2.41. The molecule has 6 nitrogen and oxygen atoms in total. The van der Waals surface area contributed by atoms with Crippen LogP contribution in [0.2, 0.25) is 0 Å². The summed E-state index contributed by atoms with van der Waals surface area (Å²) in [7, 11) is 1.71. The molecule has 2 aromatic rings. The number of hydrogen-bond donors (Lipinski definition) is 2. The number of nitrogens with one attached hydrogen (secondary N) is 2. The zero-order valence-corrected chi connectivity index (χ0v) is 16.1. The van der Waals surface area contributed by atoms with Gasteiger partial charge in [-0.3, -0.25) is 4.79 Å². The second-order valence-electron chi connectivity index (χ2n) is 6.32. The van der Waals surface area contributed by atoms with Gasteiger partial charge < -0.3 is 20.3 Å². The predicted octanol–water partition coefficient (Wildman–Crippen LogP) is 2.93. The first-order valence-corrected chi connectivity index (χ1v) is 9.04. The normalized spacial score (nSPS) is 11.4. The van der Waals surface area contributed by atoms with Gasteiger partial charge in [0.25, 0.3) is 0 Å². The van der Waals surface area contributed by atoms with Crippen LogP contribution in [0.3, 0.4) is 0 Å². The first-order valence-electron chi connectivity index (χ1n) is 9.04. The van der Waals surface area contributed by atoms with Crippen LogP contribution in [-0.2, 0) is 17.9 Å². The fourth-order valence-corrected chi connectivity index (χ4v) is 2.41. The number of carbonyl (C=O) groups is 2. The van der Waals surface area contributed by atoms with Crippen LogP contribution in [-0.4, -0.2) is 36.5 Å². The van der Waals surface area contributed by atoms with Crippen molar-refractivity contribution in [2.24, 2.45) is 0 Å². The van der Waals surface area contributed by atoms with Crippen molar-refractivity contribution in [3.05, 3.63) is 65.7 Å². The number of amides is 3. The van der Waals surface area contributed by atoms with E-state index in [-0.39, 0.29) is 11.9 Å². The van der Waals surface area contributed by atoms with E-state index in [0.717, 1.165) is 16.9 Å². The number of carbonyl (C=O) groups excluding carboxylic acids is 2. The Morgan fingerprint density at radius 3 is 2.30 bits per heavy atom. The standard InChI is InChI=1S/C21H27N3O3/c1-4-24(3)20(25)16(2)23-21(26)22-14-17-10-12-18(13-11-17)15-27-19-8-6-5-7-9-19/h5-13,16H,4,14-15H2,1-3H3,(H2,22,23,26). The molecule has 0 bridgehead atoms. The molecule has 0 aliphatic heterocycles. The van der Waals surface area contributed by atoms with Crippen molar-refractivity contribution < 1.29 is 14.3 Å². The predicted molar refractivity (Wildman–Crippen MR) is 105 cm³/mol.